The van der Waals surface area contributed by atoms with Crippen LogP contribution in [0.5, 0.6) is 5.88 Å². The topological polar surface area (TPSA) is 72.2 Å². The molecule has 3 aromatic rings. The van der Waals surface area contributed by atoms with Crippen LogP contribution in [0.4, 0.5) is 0 Å². The van der Waals surface area contributed by atoms with Crippen molar-refractivity contribution in [2.75, 3.05) is 7.11 Å². The lowest BCUT2D eigenvalue weighted by atomic mass is 10.1. The Kier molecular flexibility index (Phi) is 5.69. The third-order valence-electron chi connectivity index (χ3n) is 5.36. The van der Waals surface area contributed by atoms with E-state index in [1.54, 1.807) is 7.11 Å². The molecule has 3 atom stereocenters. The van der Waals surface area contributed by atoms with Crippen LogP contribution in [-0.4, -0.2) is 38.9 Å². The fraction of sp³-hybridized carbons (Fsp3) is 0.364. The maximum absolute atomic E-state index is 10.5. The molecule has 1 aliphatic carbocycles. The molecule has 0 aliphatic heterocycles. The predicted molar refractivity (Wildman–Crippen MR) is 108 cm³/mol. The molecule has 0 radical (unpaired) electrons. The number of hydrogen-bond donors (Lipinski definition) is 2. The lowest BCUT2D eigenvalue weighted by Crippen LogP contribution is -2.35. The summed E-state index contributed by atoms with van der Waals surface area (Å²) in [6.45, 7) is 1.48. The first-order chi connectivity index (χ1) is 13.7. The van der Waals surface area contributed by atoms with Gasteiger partial charge in [-0.2, -0.15) is 0 Å². The Balaban J connectivity index is 1.36. The number of nitrogens with zero attached hydrogens (tertiary/aromatic N) is 3. The van der Waals surface area contributed by atoms with Crippen LogP contribution >= 0.6 is 0 Å². The molecule has 2 heterocycles. The highest BCUT2D eigenvalue weighted by Crippen LogP contribution is 2.29. The van der Waals surface area contributed by atoms with E-state index in [1.165, 1.54) is 0 Å². The van der Waals surface area contributed by atoms with Crippen molar-refractivity contribution >= 4 is 0 Å². The Morgan fingerprint density at radius 2 is 2.00 bits per heavy atom. The number of aliphatic hydroxyl groups is 1. The van der Waals surface area contributed by atoms with Crippen LogP contribution in [0, 0.1) is 5.92 Å². The summed E-state index contributed by atoms with van der Waals surface area (Å²) in [6, 6.07) is 16.0. The zero-order valence-electron chi connectivity index (χ0n) is 16.0. The lowest BCUT2D eigenvalue weighted by molar-refractivity contribution is 0.145. The fourth-order valence-electron chi connectivity index (χ4n) is 3.97. The molecule has 2 aromatic heterocycles. The first kappa shape index (κ1) is 18.7. The van der Waals surface area contributed by atoms with Crippen LogP contribution in [0.3, 0.4) is 0 Å². The van der Waals surface area contributed by atoms with Gasteiger partial charge in [-0.1, -0.05) is 36.4 Å². The summed E-state index contributed by atoms with van der Waals surface area (Å²) in [7, 11) is 1.62. The van der Waals surface area contributed by atoms with Crippen LogP contribution in [-0.2, 0) is 13.1 Å². The van der Waals surface area contributed by atoms with Crippen molar-refractivity contribution in [3.8, 4) is 17.3 Å². The van der Waals surface area contributed by atoms with Crippen LogP contribution in [0.25, 0.3) is 11.4 Å². The van der Waals surface area contributed by atoms with Crippen molar-refractivity contribution in [3.63, 3.8) is 0 Å². The van der Waals surface area contributed by atoms with Gasteiger partial charge in [-0.15, -0.1) is 0 Å². The number of aromatic nitrogens is 3. The molecular formula is C22H26N4O2. The Morgan fingerprint density at radius 1 is 1.14 bits per heavy atom. The maximum atomic E-state index is 10.5. The molecule has 0 amide bonds. The van der Waals surface area contributed by atoms with Gasteiger partial charge in [-0.3, -0.25) is 0 Å². The van der Waals surface area contributed by atoms with Gasteiger partial charge in [0.25, 0.3) is 0 Å². The summed E-state index contributed by atoms with van der Waals surface area (Å²) < 4.78 is 7.37. The highest BCUT2D eigenvalue weighted by Gasteiger charge is 2.33. The first-order valence-corrected chi connectivity index (χ1v) is 9.71. The molecule has 0 bridgehead atoms. The summed E-state index contributed by atoms with van der Waals surface area (Å²) in [5.41, 5.74) is 2.03. The monoisotopic (exact) mass is 378 g/mol. The van der Waals surface area contributed by atoms with Crippen LogP contribution in [0.15, 0.2) is 60.9 Å². The second-order valence-electron chi connectivity index (χ2n) is 7.33. The van der Waals surface area contributed by atoms with E-state index >= 15 is 0 Å². The Bertz CT molecular complexity index is 896. The molecule has 6 heteroatoms. The molecule has 28 heavy (non-hydrogen) atoms. The number of imidazole rings is 1. The van der Waals surface area contributed by atoms with Crippen LogP contribution < -0.4 is 10.1 Å². The molecule has 1 aromatic carbocycles. The molecular weight excluding hydrogens is 352 g/mol. The molecule has 1 saturated carbocycles. The number of methoxy groups -OCH3 is 1. The van der Waals surface area contributed by atoms with Gasteiger partial charge in [-0.25, -0.2) is 9.97 Å². The van der Waals surface area contributed by atoms with E-state index in [2.05, 4.69) is 32.0 Å². The minimum absolute atomic E-state index is 0.0710. The minimum atomic E-state index is -0.348. The zero-order chi connectivity index (χ0) is 19.3. The minimum Gasteiger partial charge on any atom is -0.481 e. The average Bonchev–Trinajstić information content (AvgIpc) is 3.33. The first-order valence-electron chi connectivity index (χ1n) is 9.71. The van der Waals surface area contributed by atoms with Gasteiger partial charge in [0.15, 0.2) is 0 Å². The van der Waals surface area contributed by atoms with Crippen LogP contribution in [0.2, 0.25) is 0 Å². The third-order valence-corrected chi connectivity index (χ3v) is 5.36. The van der Waals surface area contributed by atoms with E-state index in [1.807, 2.05) is 48.8 Å². The molecule has 2 N–H and O–H groups in total. The molecule has 0 spiro atoms. The van der Waals surface area contributed by atoms with E-state index in [9.17, 15) is 5.11 Å². The van der Waals surface area contributed by atoms with E-state index < -0.39 is 0 Å². The van der Waals surface area contributed by atoms with Crippen molar-refractivity contribution in [3.05, 3.63) is 66.6 Å². The highest BCUT2D eigenvalue weighted by atomic mass is 16.5. The molecule has 0 saturated heterocycles. The largest absolute Gasteiger partial charge is 0.481 e. The van der Waals surface area contributed by atoms with Gasteiger partial charge in [0.05, 0.1) is 18.9 Å². The number of aliphatic hydroxyl groups excluding tert-OH is 1. The van der Waals surface area contributed by atoms with Gasteiger partial charge in [0, 0.05) is 43.2 Å². The lowest BCUT2D eigenvalue weighted by Gasteiger charge is -2.16. The van der Waals surface area contributed by atoms with Crippen molar-refractivity contribution in [2.45, 2.75) is 38.1 Å². The van der Waals surface area contributed by atoms with Gasteiger partial charge in [0.1, 0.15) is 5.82 Å². The SMILES string of the molecule is COc1cccc(CN[C@@H]2CC(Cn3ccnc3-c3ccccc3)C[C@H]2O)n1. The highest BCUT2D eigenvalue weighted by molar-refractivity contribution is 5.55. The van der Waals surface area contributed by atoms with Crippen LogP contribution in [0.1, 0.15) is 18.5 Å². The number of rotatable bonds is 7. The standard InChI is InChI=1S/C22H26N4O2/c1-28-21-9-5-8-18(25-21)14-24-19-12-16(13-20(19)27)15-26-11-10-23-22(26)17-6-3-2-4-7-17/h2-11,16,19-20,24,27H,12-15H2,1H3/t16?,19-,20-/m1/s1. The predicted octanol–water partition coefficient (Wildman–Crippen LogP) is 2.88. The molecule has 146 valence electrons. The van der Waals surface area contributed by atoms with E-state index in [4.69, 9.17) is 4.74 Å². The fourth-order valence-corrected chi connectivity index (χ4v) is 3.97. The summed E-state index contributed by atoms with van der Waals surface area (Å²) in [5.74, 6) is 1.99. The van der Waals surface area contributed by atoms with Gasteiger partial charge >= 0.3 is 0 Å². The van der Waals surface area contributed by atoms with Gasteiger partial charge in [0.2, 0.25) is 5.88 Å². The van der Waals surface area contributed by atoms with Crippen molar-refractivity contribution < 1.29 is 9.84 Å². The quantitative estimate of drug-likeness (QED) is 0.661. The van der Waals surface area contributed by atoms with E-state index in [0.717, 1.165) is 36.5 Å². The third kappa shape index (κ3) is 4.24. The second kappa shape index (κ2) is 8.54. The summed E-state index contributed by atoms with van der Waals surface area (Å²) in [6.07, 6.45) is 5.24. The van der Waals surface area contributed by atoms with Gasteiger partial charge < -0.3 is 19.7 Å². The summed E-state index contributed by atoms with van der Waals surface area (Å²) in [4.78, 5) is 8.95. The molecule has 1 fully saturated rings. The molecule has 6 nitrogen and oxygen atoms in total. The number of ether oxygens (including phenoxy) is 1. The molecule has 1 unspecified atom stereocenters. The Morgan fingerprint density at radius 3 is 2.82 bits per heavy atom. The van der Waals surface area contributed by atoms with Crippen molar-refractivity contribution in [1.82, 2.24) is 19.9 Å². The number of nitrogens with one attached hydrogen (secondary N) is 1. The normalized spacial score (nSPS) is 21.7. The Hall–Kier alpha value is -2.70. The molecule has 1 aliphatic rings. The summed E-state index contributed by atoms with van der Waals surface area (Å²) >= 11 is 0. The Labute approximate surface area is 165 Å². The smallest absolute Gasteiger partial charge is 0.213 e. The van der Waals surface area contributed by atoms with Crippen molar-refractivity contribution in [1.29, 1.82) is 0 Å². The molecule has 4 rings (SSSR count). The van der Waals surface area contributed by atoms with E-state index in [-0.39, 0.29) is 12.1 Å². The number of pyridine rings is 1. The number of benzene rings is 1. The van der Waals surface area contributed by atoms with E-state index in [0.29, 0.717) is 18.3 Å². The maximum Gasteiger partial charge on any atom is 0.213 e. The summed E-state index contributed by atoms with van der Waals surface area (Å²) in [5, 5.41) is 14.0. The van der Waals surface area contributed by atoms with Gasteiger partial charge in [-0.05, 0) is 24.8 Å². The second-order valence-corrected chi connectivity index (χ2v) is 7.33. The number of hydrogen-bond acceptors (Lipinski definition) is 5. The average molecular weight is 378 g/mol. The van der Waals surface area contributed by atoms with Crippen molar-refractivity contribution in [2.24, 2.45) is 5.92 Å². The zero-order valence-corrected chi connectivity index (χ0v) is 16.0.